The summed E-state index contributed by atoms with van der Waals surface area (Å²) in [6, 6.07) is 16.7. The summed E-state index contributed by atoms with van der Waals surface area (Å²) in [6.07, 6.45) is 1.56. The van der Waals surface area contributed by atoms with Gasteiger partial charge in [0, 0.05) is 40.7 Å². The lowest BCUT2D eigenvalue weighted by molar-refractivity contribution is -0.112. The molecule has 2 aromatic carbocycles. The lowest BCUT2D eigenvalue weighted by atomic mass is 10.1. The zero-order valence-corrected chi connectivity index (χ0v) is 17.6. The van der Waals surface area contributed by atoms with E-state index in [0.29, 0.717) is 30.5 Å². The molecule has 1 N–H and O–H groups in total. The Morgan fingerprint density at radius 1 is 1.07 bits per heavy atom. The topological polar surface area (TPSA) is 56.1 Å². The lowest BCUT2D eigenvalue weighted by Crippen LogP contribution is -2.27. The molecule has 0 aromatic heterocycles. The first kappa shape index (κ1) is 21.3. The van der Waals surface area contributed by atoms with Gasteiger partial charge < -0.3 is 10.2 Å². The van der Waals surface area contributed by atoms with Crippen LogP contribution in [0.4, 0.5) is 11.4 Å². The highest BCUT2D eigenvalue weighted by atomic mass is 79.9. The summed E-state index contributed by atoms with van der Waals surface area (Å²) in [5.74, 6) is 0.565. The highest BCUT2D eigenvalue weighted by Gasteiger charge is 2.10. The Bertz CT molecular complexity index is 824. The van der Waals surface area contributed by atoms with E-state index in [-0.39, 0.29) is 5.57 Å². The second kappa shape index (κ2) is 11.0. The molecule has 140 valence electrons. The molecular formula is C20H18BrCl2N3O. The quantitative estimate of drug-likeness (QED) is 0.327. The fourth-order valence-electron chi connectivity index (χ4n) is 2.40. The average Bonchev–Trinajstić information content (AvgIpc) is 2.68. The summed E-state index contributed by atoms with van der Waals surface area (Å²) in [7, 11) is 0. The molecule has 2 rings (SSSR count). The molecule has 7 heteroatoms. The Balaban J connectivity index is 2.13. The maximum atomic E-state index is 12.3. The number of carbonyl (C=O) groups excluding carboxylic acids is 1. The normalized spacial score (nSPS) is 11.0. The van der Waals surface area contributed by atoms with Crippen molar-refractivity contribution in [2.75, 3.05) is 35.1 Å². The van der Waals surface area contributed by atoms with E-state index < -0.39 is 5.91 Å². The number of hydrogen-bond acceptors (Lipinski definition) is 3. The Kier molecular flexibility index (Phi) is 8.66. The zero-order chi connectivity index (χ0) is 19.6. The van der Waals surface area contributed by atoms with Crippen molar-refractivity contribution in [3.05, 3.63) is 64.1 Å². The molecule has 0 atom stereocenters. The van der Waals surface area contributed by atoms with Crippen molar-refractivity contribution in [3.63, 3.8) is 0 Å². The lowest BCUT2D eigenvalue weighted by Gasteiger charge is -2.22. The molecule has 2 aromatic rings. The summed E-state index contributed by atoms with van der Waals surface area (Å²) < 4.78 is 0.911. The third kappa shape index (κ3) is 6.59. The van der Waals surface area contributed by atoms with Crippen molar-refractivity contribution >= 4 is 62.5 Å². The molecule has 0 heterocycles. The number of benzene rings is 2. The van der Waals surface area contributed by atoms with E-state index in [1.165, 1.54) is 0 Å². The third-order valence-corrected chi connectivity index (χ3v) is 4.61. The van der Waals surface area contributed by atoms with Crippen molar-refractivity contribution in [2.45, 2.75) is 0 Å². The second-order valence-corrected chi connectivity index (χ2v) is 7.26. The molecule has 0 aliphatic heterocycles. The van der Waals surface area contributed by atoms with Gasteiger partial charge in [-0.3, -0.25) is 4.79 Å². The molecule has 0 aliphatic rings. The molecule has 0 radical (unpaired) electrons. The number of rotatable bonds is 8. The molecule has 0 saturated heterocycles. The van der Waals surface area contributed by atoms with E-state index in [9.17, 15) is 10.1 Å². The predicted octanol–water partition coefficient (Wildman–Crippen LogP) is 5.28. The molecule has 0 saturated carbocycles. The third-order valence-electron chi connectivity index (χ3n) is 3.75. The van der Waals surface area contributed by atoms with Gasteiger partial charge in [0.25, 0.3) is 5.91 Å². The molecule has 0 spiro atoms. The molecule has 27 heavy (non-hydrogen) atoms. The number of anilines is 2. The highest BCUT2D eigenvalue weighted by Crippen LogP contribution is 2.18. The van der Waals surface area contributed by atoms with Gasteiger partial charge in [-0.15, -0.1) is 23.2 Å². The fraction of sp³-hybridized carbons (Fsp3) is 0.200. The maximum absolute atomic E-state index is 12.3. The zero-order valence-electron chi connectivity index (χ0n) is 14.5. The van der Waals surface area contributed by atoms with Gasteiger partial charge in [0.2, 0.25) is 0 Å². The van der Waals surface area contributed by atoms with Gasteiger partial charge in [0.1, 0.15) is 11.6 Å². The van der Waals surface area contributed by atoms with Crippen LogP contribution in [0, 0.1) is 11.3 Å². The number of alkyl halides is 2. The van der Waals surface area contributed by atoms with Gasteiger partial charge in [0.05, 0.1) is 0 Å². The highest BCUT2D eigenvalue weighted by molar-refractivity contribution is 9.10. The van der Waals surface area contributed by atoms with Crippen molar-refractivity contribution in [3.8, 4) is 6.07 Å². The van der Waals surface area contributed by atoms with Crippen molar-refractivity contribution in [2.24, 2.45) is 0 Å². The van der Waals surface area contributed by atoms with Crippen LogP contribution in [0.15, 0.2) is 58.6 Å². The number of amides is 1. The van der Waals surface area contributed by atoms with Crippen molar-refractivity contribution in [1.29, 1.82) is 5.26 Å². The van der Waals surface area contributed by atoms with Gasteiger partial charge in [-0.25, -0.2) is 0 Å². The van der Waals surface area contributed by atoms with Gasteiger partial charge in [-0.2, -0.15) is 5.26 Å². The van der Waals surface area contributed by atoms with E-state index in [4.69, 9.17) is 23.2 Å². The first-order valence-electron chi connectivity index (χ1n) is 8.23. The standard InChI is InChI=1S/C20H18BrCl2N3O/c21-17-3-5-18(6-4-17)25-20(27)16(14-24)13-15-1-7-19(8-2-15)26(11-9-22)12-10-23/h1-8,13H,9-12H2,(H,25,27). The molecule has 4 nitrogen and oxygen atoms in total. The minimum atomic E-state index is -0.449. The van der Waals surface area contributed by atoms with Crippen LogP contribution in [0.25, 0.3) is 6.08 Å². The SMILES string of the molecule is N#CC(=Cc1ccc(N(CCCl)CCCl)cc1)C(=O)Nc1ccc(Br)cc1. The van der Waals surface area contributed by atoms with Crippen LogP contribution in [-0.4, -0.2) is 30.8 Å². The molecule has 0 aliphatic carbocycles. The van der Waals surface area contributed by atoms with E-state index in [1.54, 1.807) is 18.2 Å². The first-order chi connectivity index (χ1) is 13.1. The van der Waals surface area contributed by atoms with Gasteiger partial charge >= 0.3 is 0 Å². The van der Waals surface area contributed by atoms with Crippen LogP contribution in [0.5, 0.6) is 0 Å². The van der Waals surface area contributed by atoms with Gasteiger partial charge in [-0.05, 0) is 48.0 Å². The van der Waals surface area contributed by atoms with E-state index in [2.05, 4.69) is 26.1 Å². The average molecular weight is 467 g/mol. The first-order valence-corrected chi connectivity index (χ1v) is 10.1. The molecule has 0 bridgehead atoms. The smallest absolute Gasteiger partial charge is 0.266 e. The van der Waals surface area contributed by atoms with Crippen molar-refractivity contribution in [1.82, 2.24) is 0 Å². The largest absolute Gasteiger partial charge is 0.369 e. The Morgan fingerprint density at radius 3 is 2.19 bits per heavy atom. The number of nitrogens with one attached hydrogen (secondary N) is 1. The maximum Gasteiger partial charge on any atom is 0.266 e. The Hall–Kier alpha value is -2.00. The van der Waals surface area contributed by atoms with Crippen molar-refractivity contribution < 1.29 is 4.79 Å². The Labute approximate surface area is 177 Å². The van der Waals surface area contributed by atoms with Crippen LogP contribution in [-0.2, 0) is 4.79 Å². The number of carbonyl (C=O) groups is 1. The predicted molar refractivity (Wildman–Crippen MR) is 116 cm³/mol. The molecule has 1 amide bonds. The van der Waals surface area contributed by atoms with E-state index in [0.717, 1.165) is 15.7 Å². The van der Waals surface area contributed by atoms with Crippen LogP contribution >= 0.6 is 39.1 Å². The minimum absolute atomic E-state index is 0.0315. The van der Waals surface area contributed by atoms with Crippen LogP contribution < -0.4 is 10.2 Å². The minimum Gasteiger partial charge on any atom is -0.369 e. The van der Waals surface area contributed by atoms with Crippen LogP contribution in [0.2, 0.25) is 0 Å². The molecule has 0 fully saturated rings. The number of halogens is 3. The summed E-state index contributed by atoms with van der Waals surface area (Å²) in [4.78, 5) is 14.4. The summed E-state index contributed by atoms with van der Waals surface area (Å²) in [6.45, 7) is 1.39. The summed E-state index contributed by atoms with van der Waals surface area (Å²) in [5.41, 5.74) is 2.41. The van der Waals surface area contributed by atoms with Gasteiger partial charge in [-0.1, -0.05) is 28.1 Å². The second-order valence-electron chi connectivity index (χ2n) is 5.59. The molecule has 0 unspecified atom stereocenters. The number of nitrogens with zero attached hydrogens (tertiary/aromatic N) is 2. The fourth-order valence-corrected chi connectivity index (χ4v) is 3.07. The number of nitriles is 1. The van der Waals surface area contributed by atoms with E-state index >= 15 is 0 Å². The summed E-state index contributed by atoms with van der Waals surface area (Å²) >= 11 is 15.0. The Morgan fingerprint density at radius 2 is 1.67 bits per heavy atom. The monoisotopic (exact) mass is 465 g/mol. The van der Waals surface area contributed by atoms with Gasteiger partial charge in [0.15, 0.2) is 0 Å². The van der Waals surface area contributed by atoms with Crippen LogP contribution in [0.3, 0.4) is 0 Å². The van der Waals surface area contributed by atoms with Crippen LogP contribution in [0.1, 0.15) is 5.56 Å². The summed E-state index contributed by atoms with van der Waals surface area (Å²) in [5, 5.41) is 12.1. The van der Waals surface area contributed by atoms with E-state index in [1.807, 2.05) is 42.5 Å². The number of hydrogen-bond donors (Lipinski definition) is 1. The molecular weight excluding hydrogens is 449 g/mol.